The van der Waals surface area contributed by atoms with E-state index in [2.05, 4.69) is 15.7 Å². The minimum Gasteiger partial charge on any atom is -0.394 e. The largest absolute Gasteiger partial charge is 0.410 e. The van der Waals surface area contributed by atoms with Crippen molar-refractivity contribution in [1.82, 2.24) is 20.4 Å². The maximum atomic E-state index is 15.1. The van der Waals surface area contributed by atoms with E-state index in [4.69, 9.17) is 5.11 Å². The third kappa shape index (κ3) is 7.24. The molecule has 1 unspecified atom stereocenters. The Morgan fingerprint density at radius 3 is 2.17 bits per heavy atom. The fourth-order valence-corrected chi connectivity index (χ4v) is 5.14. The van der Waals surface area contributed by atoms with E-state index in [0.717, 1.165) is 31.7 Å². The molecule has 2 aromatic rings. The number of aliphatic hydroxyl groups is 1. The molecule has 4 N–H and O–H groups in total. The van der Waals surface area contributed by atoms with Gasteiger partial charge in [-0.2, -0.15) is 18.3 Å². The van der Waals surface area contributed by atoms with E-state index < -0.39 is 54.3 Å². The summed E-state index contributed by atoms with van der Waals surface area (Å²) in [5, 5.41) is 20.3. The summed E-state index contributed by atoms with van der Waals surface area (Å²) in [7, 11) is 0. The van der Waals surface area contributed by atoms with Gasteiger partial charge in [-0.15, -0.1) is 0 Å². The zero-order valence-electron chi connectivity index (χ0n) is 23.0. The fraction of sp³-hybridized carbons (Fsp3) is 0.571. The fourth-order valence-electron chi connectivity index (χ4n) is 5.14. The van der Waals surface area contributed by atoms with Crippen molar-refractivity contribution >= 4 is 23.4 Å². The van der Waals surface area contributed by atoms with Gasteiger partial charge in [0.1, 0.15) is 23.6 Å². The van der Waals surface area contributed by atoms with Gasteiger partial charge in [0.25, 0.3) is 5.91 Å². The molecule has 1 aromatic heterocycles. The van der Waals surface area contributed by atoms with Crippen LogP contribution in [0.1, 0.15) is 74.5 Å². The number of hydrogen-bond donors (Lipinski definition) is 4. The van der Waals surface area contributed by atoms with E-state index in [1.54, 1.807) is 16.1 Å². The highest BCUT2D eigenvalue weighted by Gasteiger charge is 2.48. The number of halogens is 4. The monoisotopic (exact) mass is 581 g/mol. The average molecular weight is 582 g/mol. The molecule has 3 atom stereocenters. The Balaban J connectivity index is 1.50. The number of nitrogens with zero attached hydrogens (tertiary/aromatic N) is 2. The smallest absolute Gasteiger partial charge is 0.394 e. The van der Waals surface area contributed by atoms with Gasteiger partial charge in [-0.05, 0) is 88.0 Å². The first kappa shape index (κ1) is 30.5. The van der Waals surface area contributed by atoms with Crippen molar-refractivity contribution in [3.8, 4) is 0 Å². The van der Waals surface area contributed by atoms with Gasteiger partial charge in [-0.25, -0.2) is 4.39 Å². The SMILES string of the molecule is CC(C)n1nccc1C(=O)N[C@H](C(=O)Nc1ccc([C@H](C)C(=O)NC(CO)C(F)(F)F)cc1F)C(C1CC1)C1CC1. The number of alkyl halides is 3. The second-order valence-corrected chi connectivity index (χ2v) is 11.2. The summed E-state index contributed by atoms with van der Waals surface area (Å²) in [5.41, 5.74) is 0.198. The molecule has 0 bridgehead atoms. The van der Waals surface area contributed by atoms with Crippen molar-refractivity contribution in [3.05, 3.63) is 47.5 Å². The number of amides is 3. The first-order chi connectivity index (χ1) is 19.3. The molecular weight excluding hydrogens is 546 g/mol. The molecule has 4 rings (SSSR count). The Bertz CT molecular complexity index is 1260. The van der Waals surface area contributed by atoms with Gasteiger partial charge in [-0.3, -0.25) is 19.1 Å². The molecule has 9 nitrogen and oxygen atoms in total. The lowest BCUT2D eigenvalue weighted by Gasteiger charge is -2.28. The van der Waals surface area contributed by atoms with Crippen LogP contribution in [-0.2, 0) is 9.59 Å². The van der Waals surface area contributed by atoms with Crippen molar-refractivity contribution in [3.63, 3.8) is 0 Å². The number of anilines is 1. The van der Waals surface area contributed by atoms with E-state index >= 15 is 4.39 Å². The van der Waals surface area contributed by atoms with Crippen LogP contribution in [0.25, 0.3) is 0 Å². The summed E-state index contributed by atoms with van der Waals surface area (Å²) in [4.78, 5) is 39.2. The van der Waals surface area contributed by atoms with Crippen molar-refractivity contribution in [2.45, 2.75) is 76.7 Å². The minimum absolute atomic E-state index is 0.0810. The van der Waals surface area contributed by atoms with Crippen LogP contribution in [0.4, 0.5) is 23.2 Å². The molecule has 2 fully saturated rings. The Morgan fingerprint density at radius 1 is 1.02 bits per heavy atom. The van der Waals surface area contributed by atoms with Crippen LogP contribution < -0.4 is 16.0 Å². The van der Waals surface area contributed by atoms with E-state index in [9.17, 15) is 27.6 Å². The summed E-state index contributed by atoms with van der Waals surface area (Å²) < 4.78 is 55.4. The second kappa shape index (κ2) is 12.2. The number of benzene rings is 1. The molecule has 0 aliphatic heterocycles. The Morgan fingerprint density at radius 2 is 1.66 bits per heavy atom. The van der Waals surface area contributed by atoms with Gasteiger partial charge < -0.3 is 21.1 Å². The highest BCUT2D eigenvalue weighted by atomic mass is 19.4. The van der Waals surface area contributed by atoms with Crippen LogP contribution in [0, 0.1) is 23.6 Å². The predicted octanol–water partition coefficient (Wildman–Crippen LogP) is 3.92. The Kier molecular flexibility index (Phi) is 9.05. The molecular formula is C28H35F4N5O4. The molecule has 2 saturated carbocycles. The van der Waals surface area contributed by atoms with Gasteiger partial charge in [0.15, 0.2) is 0 Å². The molecule has 41 heavy (non-hydrogen) atoms. The molecule has 0 radical (unpaired) electrons. The topological polar surface area (TPSA) is 125 Å². The number of carbonyl (C=O) groups is 3. The lowest BCUT2D eigenvalue weighted by molar-refractivity contribution is -0.168. The Labute approximate surface area is 235 Å². The normalized spacial score (nSPS) is 17.7. The van der Waals surface area contributed by atoms with Crippen molar-refractivity contribution in [2.24, 2.45) is 17.8 Å². The Hall–Kier alpha value is -3.48. The third-order valence-corrected chi connectivity index (χ3v) is 7.72. The van der Waals surface area contributed by atoms with Crippen LogP contribution in [0.2, 0.25) is 0 Å². The quantitative estimate of drug-likeness (QED) is 0.283. The summed E-state index contributed by atoms with van der Waals surface area (Å²) in [6.45, 7) is 3.73. The number of rotatable bonds is 12. The highest BCUT2D eigenvalue weighted by molar-refractivity contribution is 6.01. The van der Waals surface area contributed by atoms with E-state index in [-0.39, 0.29) is 35.0 Å². The first-order valence-electron chi connectivity index (χ1n) is 13.7. The molecule has 0 saturated heterocycles. The molecule has 2 aliphatic carbocycles. The summed E-state index contributed by atoms with van der Waals surface area (Å²) in [6.07, 6.45) is 0.439. The second-order valence-electron chi connectivity index (χ2n) is 11.2. The molecule has 3 amide bonds. The van der Waals surface area contributed by atoms with Gasteiger partial charge in [0.2, 0.25) is 11.8 Å². The van der Waals surface area contributed by atoms with Gasteiger partial charge in [0, 0.05) is 12.2 Å². The number of aromatic nitrogens is 2. The molecule has 1 heterocycles. The number of carbonyl (C=O) groups excluding carboxylic acids is 3. The number of nitrogens with one attached hydrogen (secondary N) is 3. The van der Waals surface area contributed by atoms with Gasteiger partial charge in [0.05, 0.1) is 18.2 Å². The standard InChI is InChI=1S/C28H35F4N5O4/c1-14(2)37-21(10-11-33-37)26(40)36-24(23(16-4-5-16)17-6-7-17)27(41)34-20-9-8-18(12-19(20)29)15(3)25(39)35-22(13-38)28(30,31)32/h8-12,14-17,22-24,38H,4-7,13H2,1-3H3,(H,34,41)(H,35,39)(H,36,40)/t15-,22?,24-/m0/s1. The van der Waals surface area contributed by atoms with Crippen LogP contribution in [0.15, 0.2) is 30.5 Å². The zero-order valence-corrected chi connectivity index (χ0v) is 23.0. The number of aliphatic hydroxyl groups excluding tert-OH is 1. The lowest BCUT2D eigenvalue weighted by Crippen LogP contribution is -2.50. The van der Waals surface area contributed by atoms with Crippen LogP contribution in [0.3, 0.4) is 0 Å². The zero-order chi connectivity index (χ0) is 30.1. The molecule has 1 aromatic carbocycles. The summed E-state index contributed by atoms with van der Waals surface area (Å²) in [6, 6.07) is 1.66. The van der Waals surface area contributed by atoms with E-state index in [1.165, 1.54) is 25.3 Å². The first-order valence-corrected chi connectivity index (χ1v) is 13.7. The van der Waals surface area contributed by atoms with Crippen LogP contribution in [0.5, 0.6) is 0 Å². The van der Waals surface area contributed by atoms with Gasteiger partial charge in [-0.1, -0.05) is 6.07 Å². The molecule has 224 valence electrons. The maximum absolute atomic E-state index is 15.1. The van der Waals surface area contributed by atoms with Gasteiger partial charge >= 0.3 is 6.18 Å². The lowest BCUT2D eigenvalue weighted by atomic mass is 9.88. The summed E-state index contributed by atoms with van der Waals surface area (Å²) in [5.74, 6) is -3.69. The molecule has 13 heteroatoms. The van der Waals surface area contributed by atoms with Crippen molar-refractivity contribution in [1.29, 1.82) is 0 Å². The molecule has 0 spiro atoms. The van der Waals surface area contributed by atoms with Crippen LogP contribution in [-0.4, -0.2) is 57.5 Å². The van der Waals surface area contributed by atoms with Crippen molar-refractivity contribution < 1.29 is 37.1 Å². The van der Waals surface area contributed by atoms with Crippen LogP contribution >= 0.6 is 0 Å². The summed E-state index contributed by atoms with van der Waals surface area (Å²) >= 11 is 0. The third-order valence-electron chi connectivity index (χ3n) is 7.72. The predicted molar refractivity (Wildman–Crippen MR) is 141 cm³/mol. The minimum atomic E-state index is -4.84. The number of hydrogen-bond acceptors (Lipinski definition) is 5. The van der Waals surface area contributed by atoms with E-state index in [0.29, 0.717) is 5.69 Å². The molecule has 2 aliphatic rings. The average Bonchev–Trinajstić information content (AvgIpc) is 3.85. The maximum Gasteiger partial charge on any atom is 0.410 e. The van der Waals surface area contributed by atoms with Crippen molar-refractivity contribution in [2.75, 3.05) is 11.9 Å². The highest BCUT2D eigenvalue weighted by Crippen LogP contribution is 2.51. The van der Waals surface area contributed by atoms with E-state index in [1.807, 2.05) is 13.8 Å².